The Morgan fingerprint density at radius 3 is 1.93 bits per heavy atom. The molecule has 0 bridgehead atoms. The second kappa shape index (κ2) is 10.1. The van der Waals surface area contributed by atoms with Crippen LogP contribution in [0, 0.1) is 17.3 Å². The molecule has 0 heteroatoms. The van der Waals surface area contributed by atoms with E-state index in [4.69, 9.17) is 0 Å². The van der Waals surface area contributed by atoms with Gasteiger partial charge in [-0.2, -0.15) is 0 Å². The fraction of sp³-hybridized carbons (Fsp3) is 0.778. The summed E-state index contributed by atoms with van der Waals surface area (Å²) in [7, 11) is 0. The summed E-state index contributed by atoms with van der Waals surface area (Å²) in [5.74, 6) is 2.85. The minimum Gasteiger partial charge on any atom is -0.0654 e. The average molecular weight is 369 g/mol. The quantitative estimate of drug-likeness (QED) is 0.430. The predicted molar refractivity (Wildman–Crippen MR) is 119 cm³/mol. The van der Waals surface area contributed by atoms with E-state index in [1.165, 1.54) is 89.9 Å². The summed E-state index contributed by atoms with van der Waals surface area (Å²) < 4.78 is 0. The first kappa shape index (κ1) is 20.9. The van der Waals surface area contributed by atoms with Crippen molar-refractivity contribution in [2.24, 2.45) is 17.3 Å². The van der Waals surface area contributed by atoms with Gasteiger partial charge in [-0.25, -0.2) is 0 Å². The number of benzene rings is 1. The number of hydrogen-bond acceptors (Lipinski definition) is 0. The molecule has 2 saturated carbocycles. The van der Waals surface area contributed by atoms with Gasteiger partial charge >= 0.3 is 0 Å². The highest BCUT2D eigenvalue weighted by Crippen LogP contribution is 2.45. The monoisotopic (exact) mass is 368 g/mol. The van der Waals surface area contributed by atoms with Gasteiger partial charge in [0.1, 0.15) is 0 Å². The Hall–Kier alpha value is -0.780. The molecule has 0 spiro atoms. The van der Waals surface area contributed by atoms with Crippen LogP contribution in [0.25, 0.3) is 0 Å². The SMILES string of the molecule is CCCC1CCC(CCc2ccc(C3CCC(C)(CCC)CC3)cc2)CC1. The van der Waals surface area contributed by atoms with Crippen molar-refractivity contribution in [2.45, 2.75) is 117 Å². The molecule has 152 valence electrons. The van der Waals surface area contributed by atoms with Crippen molar-refractivity contribution >= 4 is 0 Å². The number of aryl methyl sites for hydroxylation is 1. The van der Waals surface area contributed by atoms with Crippen molar-refractivity contribution in [2.75, 3.05) is 0 Å². The van der Waals surface area contributed by atoms with Gasteiger partial charge in [-0.3, -0.25) is 0 Å². The summed E-state index contributed by atoms with van der Waals surface area (Å²) in [6.07, 6.45) is 19.9. The van der Waals surface area contributed by atoms with Crippen LogP contribution >= 0.6 is 0 Å². The Morgan fingerprint density at radius 1 is 0.778 bits per heavy atom. The van der Waals surface area contributed by atoms with Gasteiger partial charge in [0.15, 0.2) is 0 Å². The lowest BCUT2D eigenvalue weighted by molar-refractivity contribution is 0.182. The van der Waals surface area contributed by atoms with E-state index in [0.29, 0.717) is 5.41 Å². The summed E-state index contributed by atoms with van der Waals surface area (Å²) in [5, 5.41) is 0. The van der Waals surface area contributed by atoms with E-state index in [1.807, 2.05) is 0 Å². The molecular formula is C27H44. The largest absolute Gasteiger partial charge is 0.0654 e. The second-order valence-corrected chi connectivity index (χ2v) is 10.3. The highest BCUT2D eigenvalue weighted by Gasteiger charge is 2.30. The Morgan fingerprint density at radius 2 is 1.37 bits per heavy atom. The van der Waals surface area contributed by atoms with E-state index >= 15 is 0 Å². The molecule has 1 aromatic rings. The average Bonchev–Trinajstić information content (AvgIpc) is 2.69. The molecule has 0 saturated heterocycles. The van der Waals surface area contributed by atoms with E-state index in [1.54, 1.807) is 11.1 Å². The molecule has 0 aliphatic heterocycles. The minimum absolute atomic E-state index is 0.626. The highest BCUT2D eigenvalue weighted by molar-refractivity contribution is 5.26. The van der Waals surface area contributed by atoms with Gasteiger partial charge in [0.2, 0.25) is 0 Å². The predicted octanol–water partition coefficient (Wildman–Crippen LogP) is 8.69. The van der Waals surface area contributed by atoms with Gasteiger partial charge in [0.05, 0.1) is 0 Å². The van der Waals surface area contributed by atoms with E-state index in [-0.39, 0.29) is 0 Å². The number of hydrogen-bond donors (Lipinski definition) is 0. The molecule has 0 amide bonds. The van der Waals surface area contributed by atoms with Gasteiger partial charge in [-0.15, -0.1) is 0 Å². The van der Waals surface area contributed by atoms with E-state index in [9.17, 15) is 0 Å². The van der Waals surface area contributed by atoms with Crippen molar-refractivity contribution < 1.29 is 0 Å². The molecule has 0 atom stereocenters. The van der Waals surface area contributed by atoms with E-state index in [2.05, 4.69) is 45.0 Å². The Balaban J connectivity index is 1.42. The molecule has 0 N–H and O–H groups in total. The lowest BCUT2D eigenvalue weighted by atomic mass is 9.68. The van der Waals surface area contributed by atoms with Crippen LogP contribution in [-0.4, -0.2) is 0 Å². The van der Waals surface area contributed by atoms with Crippen molar-refractivity contribution in [1.29, 1.82) is 0 Å². The van der Waals surface area contributed by atoms with Crippen LogP contribution < -0.4 is 0 Å². The first-order chi connectivity index (χ1) is 13.1. The second-order valence-electron chi connectivity index (χ2n) is 10.3. The lowest BCUT2D eigenvalue weighted by Gasteiger charge is -2.37. The maximum absolute atomic E-state index is 2.52. The normalized spacial score (nSPS) is 31.7. The van der Waals surface area contributed by atoms with Crippen molar-refractivity contribution in [1.82, 2.24) is 0 Å². The zero-order chi connectivity index (χ0) is 19.1. The van der Waals surface area contributed by atoms with Gasteiger partial charge < -0.3 is 0 Å². The molecule has 2 aliphatic carbocycles. The topological polar surface area (TPSA) is 0 Å². The third-order valence-electron chi connectivity index (χ3n) is 8.00. The molecule has 2 fully saturated rings. The molecule has 0 heterocycles. The molecule has 2 aliphatic rings. The van der Waals surface area contributed by atoms with E-state index < -0.39 is 0 Å². The molecular weight excluding hydrogens is 324 g/mol. The molecule has 0 radical (unpaired) electrons. The smallest absolute Gasteiger partial charge is 0.0162 e. The summed E-state index contributed by atoms with van der Waals surface area (Å²) in [4.78, 5) is 0. The Kier molecular flexibility index (Phi) is 7.86. The maximum atomic E-state index is 2.52. The zero-order valence-corrected chi connectivity index (χ0v) is 18.4. The van der Waals surface area contributed by atoms with Gasteiger partial charge in [-0.05, 0) is 79.2 Å². The first-order valence-corrected chi connectivity index (χ1v) is 12.2. The standard InChI is InChI=1S/C27H44/c1-4-6-22-7-9-23(10-8-22)11-12-24-13-15-25(16-14-24)26-17-20-27(3,19-5-2)21-18-26/h13-16,22-23,26H,4-12,17-21H2,1-3H3. The van der Waals surface area contributed by atoms with Crippen LogP contribution in [-0.2, 0) is 6.42 Å². The van der Waals surface area contributed by atoms with Crippen LogP contribution in [0.1, 0.15) is 121 Å². The zero-order valence-electron chi connectivity index (χ0n) is 18.4. The summed E-state index contributed by atoms with van der Waals surface area (Å²) in [6.45, 7) is 7.20. The van der Waals surface area contributed by atoms with Gasteiger partial charge in [-0.1, -0.05) is 90.0 Å². The molecule has 0 unspecified atom stereocenters. The fourth-order valence-electron chi connectivity index (χ4n) is 6.05. The molecule has 3 rings (SSSR count). The molecule has 0 nitrogen and oxygen atoms in total. The van der Waals surface area contributed by atoms with Crippen molar-refractivity contribution in [3.05, 3.63) is 35.4 Å². The summed E-state index contributed by atoms with van der Waals surface area (Å²) >= 11 is 0. The molecule has 1 aromatic carbocycles. The van der Waals surface area contributed by atoms with Crippen LogP contribution in [0.15, 0.2) is 24.3 Å². The fourth-order valence-corrected chi connectivity index (χ4v) is 6.05. The Labute approximate surface area is 169 Å². The van der Waals surface area contributed by atoms with Gasteiger partial charge in [0.25, 0.3) is 0 Å². The van der Waals surface area contributed by atoms with Crippen LogP contribution in [0.2, 0.25) is 0 Å². The number of rotatable bonds is 8. The van der Waals surface area contributed by atoms with Crippen molar-refractivity contribution in [3.63, 3.8) is 0 Å². The summed E-state index contributed by atoms with van der Waals surface area (Å²) in [6, 6.07) is 9.80. The highest BCUT2D eigenvalue weighted by atomic mass is 14.4. The minimum atomic E-state index is 0.626. The van der Waals surface area contributed by atoms with E-state index in [0.717, 1.165) is 17.8 Å². The van der Waals surface area contributed by atoms with Crippen LogP contribution in [0.3, 0.4) is 0 Å². The van der Waals surface area contributed by atoms with Crippen molar-refractivity contribution in [3.8, 4) is 0 Å². The van der Waals surface area contributed by atoms with Crippen LogP contribution in [0.5, 0.6) is 0 Å². The third-order valence-corrected chi connectivity index (χ3v) is 8.00. The maximum Gasteiger partial charge on any atom is -0.0162 e. The van der Waals surface area contributed by atoms with Crippen LogP contribution in [0.4, 0.5) is 0 Å². The summed E-state index contributed by atoms with van der Waals surface area (Å²) in [5.41, 5.74) is 3.81. The molecule has 27 heavy (non-hydrogen) atoms. The first-order valence-electron chi connectivity index (χ1n) is 12.2. The lowest BCUT2D eigenvalue weighted by Crippen LogP contribution is -2.23. The molecule has 0 aromatic heterocycles. The van der Waals surface area contributed by atoms with Gasteiger partial charge in [0, 0.05) is 0 Å². The third kappa shape index (κ3) is 6.10. The Bertz CT molecular complexity index is 524.